The van der Waals surface area contributed by atoms with E-state index in [9.17, 15) is 0 Å². The van der Waals surface area contributed by atoms with Crippen LogP contribution < -0.4 is 0 Å². The summed E-state index contributed by atoms with van der Waals surface area (Å²) in [4.78, 5) is 2.71. The molecule has 2 aliphatic rings. The van der Waals surface area contributed by atoms with Crippen molar-refractivity contribution >= 4 is 0 Å². The summed E-state index contributed by atoms with van der Waals surface area (Å²) in [5, 5.41) is 0. The summed E-state index contributed by atoms with van der Waals surface area (Å²) in [6.07, 6.45) is 12.3. The lowest BCUT2D eigenvalue weighted by atomic mass is 9.96. The molecule has 3 rings (SSSR count). The molecule has 1 heteroatoms. The molecule has 2 bridgehead atoms. The molecule has 2 heterocycles. The van der Waals surface area contributed by atoms with Crippen LogP contribution in [-0.2, 0) is 6.54 Å². The number of fused-ring (bicyclic) bond motifs is 2. The summed E-state index contributed by atoms with van der Waals surface area (Å²) < 4.78 is 0. The van der Waals surface area contributed by atoms with Crippen LogP contribution in [0.4, 0.5) is 0 Å². The Kier molecular flexibility index (Phi) is 4.37. The van der Waals surface area contributed by atoms with Crippen LogP contribution in [-0.4, -0.2) is 17.0 Å². The van der Waals surface area contributed by atoms with Crippen molar-refractivity contribution in [2.24, 2.45) is 0 Å². The second kappa shape index (κ2) is 6.41. The van der Waals surface area contributed by atoms with E-state index in [1.807, 2.05) is 6.08 Å². The summed E-state index contributed by atoms with van der Waals surface area (Å²) >= 11 is 0. The van der Waals surface area contributed by atoms with Crippen LogP contribution in [0, 0.1) is 0 Å². The van der Waals surface area contributed by atoms with E-state index in [1.54, 1.807) is 5.57 Å². The van der Waals surface area contributed by atoms with Gasteiger partial charge >= 0.3 is 0 Å². The van der Waals surface area contributed by atoms with Gasteiger partial charge in [0.1, 0.15) is 0 Å². The van der Waals surface area contributed by atoms with Crippen LogP contribution in [0.25, 0.3) is 0 Å². The van der Waals surface area contributed by atoms with Crippen molar-refractivity contribution in [2.75, 3.05) is 0 Å². The van der Waals surface area contributed by atoms with E-state index >= 15 is 0 Å². The molecule has 1 fully saturated rings. The summed E-state index contributed by atoms with van der Waals surface area (Å²) in [5.74, 6) is 0. The molecular formula is C19H25N. The van der Waals surface area contributed by atoms with E-state index in [0.717, 1.165) is 19.0 Å². The lowest BCUT2D eigenvalue weighted by molar-refractivity contribution is 0.194. The Morgan fingerprint density at radius 2 is 2.05 bits per heavy atom. The van der Waals surface area contributed by atoms with E-state index in [1.165, 1.54) is 37.7 Å². The Labute approximate surface area is 123 Å². The van der Waals surface area contributed by atoms with Crippen LogP contribution in [0.15, 0.2) is 54.6 Å². The molecule has 0 aromatic heterocycles. The molecule has 0 spiro atoms. The fourth-order valence-electron chi connectivity index (χ4n) is 3.71. The average Bonchev–Trinajstić information content (AvgIpc) is 2.72. The first-order valence-corrected chi connectivity index (χ1v) is 7.97. The van der Waals surface area contributed by atoms with Gasteiger partial charge in [0.05, 0.1) is 0 Å². The highest BCUT2D eigenvalue weighted by molar-refractivity contribution is 5.21. The van der Waals surface area contributed by atoms with Crippen molar-refractivity contribution in [1.82, 2.24) is 4.90 Å². The molecule has 0 aliphatic carbocycles. The molecule has 1 saturated heterocycles. The first-order valence-electron chi connectivity index (χ1n) is 7.97. The van der Waals surface area contributed by atoms with Crippen LogP contribution in [0.1, 0.15) is 44.1 Å². The number of hydrogen-bond acceptors (Lipinski definition) is 1. The van der Waals surface area contributed by atoms with Crippen molar-refractivity contribution in [2.45, 2.75) is 57.2 Å². The Balaban J connectivity index is 1.63. The van der Waals surface area contributed by atoms with Gasteiger partial charge in [0, 0.05) is 18.6 Å². The largest absolute Gasteiger partial charge is 0.289 e. The van der Waals surface area contributed by atoms with E-state index in [-0.39, 0.29) is 0 Å². The molecule has 1 aromatic carbocycles. The standard InChI is InChI=1S/C19H25N/c1-2-3-5-10-17-13-18-11-12-19(14-17)20(18)15-16-8-6-4-7-9-16/h2,4,6-9,13,18-19H,1,3,5,10-12,14-15H2. The van der Waals surface area contributed by atoms with E-state index < -0.39 is 0 Å². The third kappa shape index (κ3) is 3.04. The van der Waals surface area contributed by atoms with Crippen LogP contribution in [0.2, 0.25) is 0 Å². The zero-order valence-corrected chi connectivity index (χ0v) is 12.3. The van der Waals surface area contributed by atoms with Gasteiger partial charge in [-0.15, -0.1) is 6.58 Å². The summed E-state index contributed by atoms with van der Waals surface area (Å²) in [5.41, 5.74) is 3.15. The van der Waals surface area contributed by atoms with Crippen molar-refractivity contribution in [3.8, 4) is 0 Å². The number of hydrogen-bond donors (Lipinski definition) is 0. The third-order valence-corrected chi connectivity index (χ3v) is 4.73. The van der Waals surface area contributed by atoms with Crippen LogP contribution in [0.3, 0.4) is 0 Å². The summed E-state index contributed by atoms with van der Waals surface area (Å²) in [6, 6.07) is 12.4. The summed E-state index contributed by atoms with van der Waals surface area (Å²) in [7, 11) is 0. The molecule has 106 valence electrons. The Morgan fingerprint density at radius 1 is 1.20 bits per heavy atom. The van der Waals surface area contributed by atoms with Gasteiger partial charge in [-0.1, -0.05) is 48.1 Å². The van der Waals surface area contributed by atoms with Gasteiger partial charge in [0.25, 0.3) is 0 Å². The highest BCUT2D eigenvalue weighted by Crippen LogP contribution is 2.37. The first kappa shape index (κ1) is 13.6. The van der Waals surface area contributed by atoms with Gasteiger partial charge in [0.2, 0.25) is 0 Å². The molecule has 0 radical (unpaired) electrons. The van der Waals surface area contributed by atoms with Crippen molar-refractivity contribution in [3.63, 3.8) is 0 Å². The highest BCUT2D eigenvalue weighted by atomic mass is 15.2. The predicted octanol–water partition coefficient (Wildman–Crippen LogP) is 4.71. The highest BCUT2D eigenvalue weighted by Gasteiger charge is 2.35. The number of benzene rings is 1. The molecule has 0 amide bonds. The first-order chi connectivity index (χ1) is 9.86. The molecule has 2 aliphatic heterocycles. The lowest BCUT2D eigenvalue weighted by Gasteiger charge is -2.34. The molecule has 0 saturated carbocycles. The topological polar surface area (TPSA) is 3.24 Å². The quantitative estimate of drug-likeness (QED) is 0.533. The Hall–Kier alpha value is -1.34. The average molecular weight is 267 g/mol. The van der Waals surface area contributed by atoms with Crippen LogP contribution >= 0.6 is 0 Å². The Morgan fingerprint density at radius 3 is 2.80 bits per heavy atom. The fraction of sp³-hybridized carbons (Fsp3) is 0.474. The number of rotatable bonds is 6. The smallest absolute Gasteiger partial charge is 0.0288 e. The van der Waals surface area contributed by atoms with E-state index in [2.05, 4.69) is 47.9 Å². The maximum Gasteiger partial charge on any atom is 0.0288 e. The van der Waals surface area contributed by atoms with Gasteiger partial charge in [-0.05, 0) is 44.1 Å². The molecule has 1 aromatic rings. The van der Waals surface area contributed by atoms with Gasteiger partial charge in [-0.2, -0.15) is 0 Å². The van der Waals surface area contributed by atoms with E-state index in [4.69, 9.17) is 0 Å². The van der Waals surface area contributed by atoms with Gasteiger partial charge in [-0.3, -0.25) is 4.90 Å². The second-order valence-corrected chi connectivity index (χ2v) is 6.17. The van der Waals surface area contributed by atoms with Crippen molar-refractivity contribution < 1.29 is 0 Å². The van der Waals surface area contributed by atoms with Gasteiger partial charge < -0.3 is 0 Å². The fourth-order valence-corrected chi connectivity index (χ4v) is 3.71. The van der Waals surface area contributed by atoms with Crippen LogP contribution in [0.5, 0.6) is 0 Å². The number of unbranched alkanes of at least 4 members (excludes halogenated alkanes) is 1. The Bertz CT molecular complexity index is 474. The van der Waals surface area contributed by atoms with Crippen molar-refractivity contribution in [3.05, 3.63) is 60.2 Å². The third-order valence-electron chi connectivity index (χ3n) is 4.73. The maximum absolute atomic E-state index is 3.82. The molecular weight excluding hydrogens is 242 g/mol. The molecule has 2 unspecified atom stereocenters. The second-order valence-electron chi connectivity index (χ2n) is 6.17. The molecule has 20 heavy (non-hydrogen) atoms. The minimum Gasteiger partial charge on any atom is -0.289 e. The molecule has 0 N–H and O–H groups in total. The predicted molar refractivity (Wildman–Crippen MR) is 85.5 cm³/mol. The minimum absolute atomic E-state index is 0.688. The molecule has 1 nitrogen and oxygen atoms in total. The lowest BCUT2D eigenvalue weighted by Crippen LogP contribution is -2.37. The monoisotopic (exact) mass is 267 g/mol. The number of nitrogens with zero attached hydrogens (tertiary/aromatic N) is 1. The zero-order valence-electron chi connectivity index (χ0n) is 12.3. The maximum atomic E-state index is 3.82. The van der Waals surface area contributed by atoms with Gasteiger partial charge in [-0.25, -0.2) is 0 Å². The van der Waals surface area contributed by atoms with Gasteiger partial charge in [0.15, 0.2) is 0 Å². The molecule has 2 atom stereocenters. The summed E-state index contributed by atoms with van der Waals surface area (Å²) in [6.45, 7) is 4.93. The van der Waals surface area contributed by atoms with Crippen molar-refractivity contribution in [1.29, 1.82) is 0 Å². The SMILES string of the molecule is C=CCCCC1=CC2CCC(C1)N2Cc1ccccc1. The van der Waals surface area contributed by atoms with E-state index in [0.29, 0.717) is 6.04 Å². The zero-order chi connectivity index (χ0) is 13.8. The minimum atomic E-state index is 0.688. The number of allylic oxidation sites excluding steroid dienone is 1. The normalized spacial score (nSPS) is 25.5.